The van der Waals surface area contributed by atoms with Crippen LogP contribution >= 0.6 is 23.1 Å². The molecule has 0 saturated carbocycles. The molecule has 9 heteroatoms. The van der Waals surface area contributed by atoms with Crippen molar-refractivity contribution in [3.05, 3.63) is 76.5 Å². The zero-order valence-electron chi connectivity index (χ0n) is 15.9. The van der Waals surface area contributed by atoms with Gasteiger partial charge in [0.2, 0.25) is 5.95 Å². The molecule has 0 spiro atoms. The summed E-state index contributed by atoms with van der Waals surface area (Å²) in [6.07, 6.45) is 2.37. The van der Waals surface area contributed by atoms with Crippen molar-refractivity contribution >= 4 is 40.1 Å². The van der Waals surface area contributed by atoms with Crippen molar-refractivity contribution in [2.75, 3.05) is 23.7 Å². The molecular weight excluding hydrogens is 421 g/mol. The number of nitrogens with zero attached hydrogens (tertiary/aromatic N) is 4. The van der Waals surface area contributed by atoms with Crippen LogP contribution in [-0.4, -0.2) is 39.9 Å². The first-order chi connectivity index (χ1) is 14.6. The molecule has 5 rings (SSSR count). The Morgan fingerprint density at radius 2 is 1.97 bits per heavy atom. The Kier molecular flexibility index (Phi) is 5.00. The lowest BCUT2D eigenvalue weighted by Gasteiger charge is -2.34. The third kappa shape index (κ3) is 3.48. The fourth-order valence-corrected chi connectivity index (χ4v) is 5.99. The maximum atomic E-state index is 13.3. The number of anilines is 1. The van der Waals surface area contributed by atoms with Crippen molar-refractivity contribution in [3.8, 4) is 0 Å². The van der Waals surface area contributed by atoms with Crippen molar-refractivity contribution in [3.63, 3.8) is 0 Å². The van der Waals surface area contributed by atoms with Crippen LogP contribution in [0.3, 0.4) is 0 Å². The van der Waals surface area contributed by atoms with Gasteiger partial charge in [-0.15, -0.1) is 11.3 Å². The summed E-state index contributed by atoms with van der Waals surface area (Å²) in [6.45, 7) is 1.30. The molecule has 1 amide bonds. The second kappa shape index (κ2) is 7.81. The molecule has 30 heavy (non-hydrogen) atoms. The lowest BCUT2D eigenvalue weighted by Crippen LogP contribution is -2.42. The molecule has 1 saturated heterocycles. The summed E-state index contributed by atoms with van der Waals surface area (Å²) in [4.78, 5) is 29.2. The van der Waals surface area contributed by atoms with E-state index in [4.69, 9.17) is 4.99 Å². The Hall–Kier alpha value is -2.78. The third-order valence-corrected chi connectivity index (χ3v) is 7.44. The second-order valence-electron chi connectivity index (χ2n) is 7.23. The van der Waals surface area contributed by atoms with Crippen molar-refractivity contribution in [1.29, 1.82) is 0 Å². The number of thiophene rings is 1. The number of rotatable bonds is 3. The Morgan fingerprint density at radius 1 is 1.17 bits per heavy atom. The first-order valence-electron chi connectivity index (χ1n) is 9.49. The number of benzene rings is 1. The van der Waals surface area contributed by atoms with Gasteiger partial charge < -0.3 is 10.2 Å². The normalized spacial score (nSPS) is 23.0. The van der Waals surface area contributed by atoms with Crippen molar-refractivity contribution in [1.82, 2.24) is 15.3 Å². The quantitative estimate of drug-likeness (QED) is 0.676. The lowest BCUT2D eigenvalue weighted by atomic mass is 9.87. The zero-order valence-corrected chi connectivity index (χ0v) is 17.5. The predicted octanol–water partition coefficient (Wildman–Crippen LogP) is 3.54. The van der Waals surface area contributed by atoms with Gasteiger partial charge in [0.05, 0.1) is 18.9 Å². The van der Waals surface area contributed by atoms with Gasteiger partial charge in [0.25, 0.3) is 5.91 Å². The van der Waals surface area contributed by atoms with E-state index < -0.39 is 11.4 Å². The number of aliphatic imine (C=N–C) groups is 1. The SMILES string of the molecule is O=C(NC1=NC2(c3cccs3)CN(c3ncc(F)cn3)C[C@H]2CS1)c1ccccc1. The highest BCUT2D eigenvalue weighted by Crippen LogP contribution is 2.47. The summed E-state index contributed by atoms with van der Waals surface area (Å²) in [5.41, 5.74) is 0.108. The molecule has 4 heterocycles. The molecule has 0 bridgehead atoms. The average molecular weight is 440 g/mol. The molecule has 2 aromatic heterocycles. The van der Waals surface area contributed by atoms with Gasteiger partial charge in [-0.1, -0.05) is 36.0 Å². The standard InChI is InChI=1S/C21H18FN5OS2/c22-16-9-23-19(24-10-16)27-11-15-12-30-20(25-18(28)14-5-2-1-3-6-14)26-21(15,13-27)17-7-4-8-29-17/h1-10,15H,11-13H2,(H,25,26,28)/t15-,21?/m0/s1. The zero-order chi connectivity index (χ0) is 20.6. The van der Waals surface area contributed by atoms with Crippen LogP contribution in [0.5, 0.6) is 0 Å². The van der Waals surface area contributed by atoms with Gasteiger partial charge in [-0.3, -0.25) is 4.79 Å². The van der Waals surface area contributed by atoms with E-state index in [0.29, 0.717) is 23.2 Å². The number of hydrogen-bond acceptors (Lipinski definition) is 7. The van der Waals surface area contributed by atoms with E-state index in [2.05, 4.69) is 26.3 Å². The summed E-state index contributed by atoms with van der Waals surface area (Å²) in [5.74, 6) is 0.911. The Labute approximate surface area is 181 Å². The van der Waals surface area contributed by atoms with E-state index >= 15 is 0 Å². The molecular formula is C21H18FN5OS2. The van der Waals surface area contributed by atoms with Crippen molar-refractivity contribution in [2.24, 2.45) is 10.9 Å². The number of hydrogen-bond donors (Lipinski definition) is 1. The molecule has 2 aliphatic heterocycles. The fourth-order valence-electron chi connectivity index (χ4n) is 3.91. The van der Waals surface area contributed by atoms with Crippen LogP contribution in [0.2, 0.25) is 0 Å². The van der Waals surface area contributed by atoms with Crippen LogP contribution in [-0.2, 0) is 5.54 Å². The summed E-state index contributed by atoms with van der Waals surface area (Å²) in [7, 11) is 0. The number of thioether (sulfide) groups is 1. The van der Waals surface area contributed by atoms with Crippen LogP contribution < -0.4 is 10.2 Å². The topological polar surface area (TPSA) is 70.5 Å². The average Bonchev–Trinajstić information content (AvgIpc) is 3.43. The van der Waals surface area contributed by atoms with Crippen LogP contribution in [0.15, 0.2) is 65.2 Å². The van der Waals surface area contributed by atoms with Crippen LogP contribution in [0.4, 0.5) is 10.3 Å². The Morgan fingerprint density at radius 3 is 2.70 bits per heavy atom. The van der Waals surface area contributed by atoms with E-state index in [9.17, 15) is 9.18 Å². The molecule has 1 unspecified atom stereocenters. The highest BCUT2D eigenvalue weighted by Gasteiger charge is 2.51. The number of aromatic nitrogens is 2. The lowest BCUT2D eigenvalue weighted by molar-refractivity contribution is 0.0977. The molecule has 152 valence electrons. The smallest absolute Gasteiger partial charge is 0.257 e. The number of carbonyl (C=O) groups excluding carboxylic acids is 1. The summed E-state index contributed by atoms with van der Waals surface area (Å²) in [6, 6.07) is 13.2. The predicted molar refractivity (Wildman–Crippen MR) is 117 cm³/mol. The number of halogens is 1. The maximum absolute atomic E-state index is 13.3. The van der Waals surface area contributed by atoms with Gasteiger partial charge in [0, 0.05) is 28.7 Å². The number of amidine groups is 1. The molecule has 1 fully saturated rings. The van der Waals surface area contributed by atoms with Gasteiger partial charge in [-0.05, 0) is 23.6 Å². The first kappa shape index (κ1) is 19.2. The number of fused-ring (bicyclic) bond motifs is 1. The molecule has 2 aliphatic rings. The number of nitrogens with one attached hydrogen (secondary N) is 1. The van der Waals surface area contributed by atoms with E-state index in [1.165, 1.54) is 12.4 Å². The molecule has 1 N–H and O–H groups in total. The largest absolute Gasteiger partial charge is 0.338 e. The molecule has 6 nitrogen and oxygen atoms in total. The van der Waals surface area contributed by atoms with E-state index in [1.807, 2.05) is 29.6 Å². The third-order valence-electron chi connectivity index (χ3n) is 5.36. The van der Waals surface area contributed by atoms with Gasteiger partial charge >= 0.3 is 0 Å². The summed E-state index contributed by atoms with van der Waals surface area (Å²) >= 11 is 3.21. The minimum atomic E-state index is -0.490. The van der Waals surface area contributed by atoms with Crippen LogP contribution in [0.1, 0.15) is 15.2 Å². The first-order valence-corrected chi connectivity index (χ1v) is 11.4. The van der Waals surface area contributed by atoms with Crippen molar-refractivity contribution in [2.45, 2.75) is 5.54 Å². The monoisotopic (exact) mass is 439 g/mol. The Balaban J connectivity index is 1.47. The number of amides is 1. The summed E-state index contributed by atoms with van der Waals surface area (Å²) in [5, 5.41) is 5.64. The van der Waals surface area contributed by atoms with E-state index in [-0.39, 0.29) is 11.8 Å². The van der Waals surface area contributed by atoms with Crippen molar-refractivity contribution < 1.29 is 9.18 Å². The fraction of sp³-hybridized carbons (Fsp3) is 0.238. The Bertz CT molecular complexity index is 1070. The molecule has 0 aliphatic carbocycles. The molecule has 1 aromatic carbocycles. The summed E-state index contributed by atoms with van der Waals surface area (Å²) < 4.78 is 13.3. The maximum Gasteiger partial charge on any atom is 0.257 e. The molecule has 2 atom stereocenters. The van der Waals surface area contributed by atoms with Gasteiger partial charge in [0.1, 0.15) is 5.54 Å². The highest BCUT2D eigenvalue weighted by molar-refractivity contribution is 8.13. The number of carbonyl (C=O) groups is 1. The molecule has 0 radical (unpaired) electrons. The minimum Gasteiger partial charge on any atom is -0.338 e. The highest BCUT2D eigenvalue weighted by atomic mass is 32.2. The van der Waals surface area contributed by atoms with E-state index in [0.717, 1.165) is 17.2 Å². The minimum absolute atomic E-state index is 0.168. The van der Waals surface area contributed by atoms with E-state index in [1.54, 1.807) is 35.2 Å². The van der Waals surface area contributed by atoms with Crippen LogP contribution in [0, 0.1) is 11.7 Å². The van der Waals surface area contributed by atoms with Crippen LogP contribution in [0.25, 0.3) is 0 Å². The van der Waals surface area contributed by atoms with Gasteiger partial charge in [-0.25, -0.2) is 19.4 Å². The van der Waals surface area contributed by atoms with Gasteiger partial charge in [0.15, 0.2) is 11.0 Å². The molecule has 3 aromatic rings. The second-order valence-corrected chi connectivity index (χ2v) is 9.18. The van der Waals surface area contributed by atoms with Gasteiger partial charge in [-0.2, -0.15) is 0 Å².